The van der Waals surface area contributed by atoms with Crippen LogP contribution in [0.5, 0.6) is 5.75 Å². The molecule has 0 radical (unpaired) electrons. The molecule has 3 aromatic heterocycles. The fourth-order valence-electron chi connectivity index (χ4n) is 4.54. The number of para-hydroxylation sites is 1. The van der Waals surface area contributed by atoms with Gasteiger partial charge in [0.25, 0.3) is 5.89 Å². The lowest BCUT2D eigenvalue weighted by molar-refractivity contribution is 0.299. The highest BCUT2D eigenvalue weighted by Gasteiger charge is 2.25. The molecule has 5 aromatic rings. The van der Waals surface area contributed by atoms with E-state index in [1.807, 2.05) is 74.6 Å². The van der Waals surface area contributed by atoms with Crippen molar-refractivity contribution >= 4 is 22.5 Å². The van der Waals surface area contributed by atoms with Gasteiger partial charge in [-0.15, -0.1) is 0 Å². The van der Waals surface area contributed by atoms with Crippen molar-refractivity contribution in [3.63, 3.8) is 0 Å². The van der Waals surface area contributed by atoms with E-state index in [0.29, 0.717) is 24.0 Å². The maximum atomic E-state index is 6.09. The molecule has 8 heteroatoms. The number of hydrogen-bond donors (Lipinski definition) is 1. The maximum absolute atomic E-state index is 6.09. The van der Waals surface area contributed by atoms with Gasteiger partial charge < -0.3 is 23.8 Å². The third-order valence-electron chi connectivity index (χ3n) is 6.49. The normalized spacial score (nSPS) is 15.2. The number of rotatable bonds is 6. The minimum absolute atomic E-state index is 0.135. The number of aryl methyl sites for hydroxylation is 2. The number of furan rings is 1. The van der Waals surface area contributed by atoms with Crippen LogP contribution in [0.4, 0.5) is 11.5 Å². The Morgan fingerprint density at radius 2 is 1.94 bits per heavy atom. The van der Waals surface area contributed by atoms with Crippen LogP contribution in [0.25, 0.3) is 22.6 Å². The van der Waals surface area contributed by atoms with E-state index in [4.69, 9.17) is 13.6 Å². The molecule has 0 bridgehead atoms. The quantitative estimate of drug-likeness (QED) is 0.313. The summed E-state index contributed by atoms with van der Waals surface area (Å²) in [5.74, 6) is 4.29. The van der Waals surface area contributed by atoms with Crippen LogP contribution < -0.4 is 15.0 Å². The Bertz CT molecular complexity index is 1510. The molecule has 4 heterocycles. The van der Waals surface area contributed by atoms with Crippen LogP contribution in [-0.4, -0.2) is 28.5 Å². The molecule has 1 aliphatic heterocycles. The van der Waals surface area contributed by atoms with Gasteiger partial charge in [0.2, 0.25) is 0 Å². The molecule has 182 valence electrons. The van der Waals surface area contributed by atoms with Gasteiger partial charge >= 0.3 is 0 Å². The second-order valence-corrected chi connectivity index (χ2v) is 9.09. The van der Waals surface area contributed by atoms with Crippen LogP contribution in [0.3, 0.4) is 0 Å². The van der Waals surface area contributed by atoms with E-state index in [9.17, 15) is 0 Å². The second-order valence-electron chi connectivity index (χ2n) is 9.09. The summed E-state index contributed by atoms with van der Waals surface area (Å²) in [6.07, 6.45) is 2.89. The van der Waals surface area contributed by atoms with Gasteiger partial charge in [-0.2, -0.15) is 0 Å². The first-order chi connectivity index (χ1) is 17.5. The highest BCUT2D eigenvalue weighted by molar-refractivity contribution is 5.81. The van der Waals surface area contributed by atoms with Crippen molar-refractivity contribution in [3.8, 4) is 17.4 Å². The smallest absolute Gasteiger partial charge is 0.263 e. The van der Waals surface area contributed by atoms with Gasteiger partial charge in [0.1, 0.15) is 41.0 Å². The summed E-state index contributed by atoms with van der Waals surface area (Å²) in [4.78, 5) is 15.9. The Morgan fingerprint density at radius 3 is 2.83 bits per heavy atom. The number of nitrogens with zero attached hydrogens (tertiary/aromatic N) is 4. The maximum Gasteiger partial charge on any atom is 0.263 e. The number of anilines is 2. The van der Waals surface area contributed by atoms with Crippen molar-refractivity contribution in [2.75, 3.05) is 23.8 Å². The van der Waals surface area contributed by atoms with Crippen molar-refractivity contribution in [2.24, 2.45) is 0 Å². The minimum atomic E-state index is 0.135. The monoisotopic (exact) mass is 481 g/mol. The van der Waals surface area contributed by atoms with Gasteiger partial charge in [-0.3, -0.25) is 0 Å². The zero-order valence-corrected chi connectivity index (χ0v) is 20.5. The standard InChI is InChI=1S/C28H27N5O3/c1-17-24(32-28(35-17)26-13-19-7-4-5-10-25(19)36-26)16-34-21-9-6-8-20(14-21)31-23-11-12-33(3)27-22(23)15-29-18(2)30-27/h4-10,13-15,23,31H,11-12,16H2,1-3H3. The molecule has 36 heavy (non-hydrogen) atoms. The summed E-state index contributed by atoms with van der Waals surface area (Å²) in [5, 5.41) is 4.65. The number of ether oxygens (including phenoxy) is 1. The predicted octanol–water partition coefficient (Wildman–Crippen LogP) is 6.07. The minimum Gasteiger partial charge on any atom is -0.487 e. The molecule has 0 saturated heterocycles. The third kappa shape index (κ3) is 4.26. The fourth-order valence-corrected chi connectivity index (χ4v) is 4.54. The first kappa shape index (κ1) is 22.2. The molecule has 1 atom stereocenters. The van der Waals surface area contributed by atoms with Gasteiger partial charge in [0.05, 0.1) is 6.04 Å². The van der Waals surface area contributed by atoms with Crippen molar-refractivity contribution in [3.05, 3.63) is 83.6 Å². The molecule has 8 nitrogen and oxygen atoms in total. The zero-order valence-electron chi connectivity index (χ0n) is 20.5. The number of benzene rings is 2. The summed E-state index contributed by atoms with van der Waals surface area (Å²) in [7, 11) is 2.07. The van der Waals surface area contributed by atoms with E-state index in [2.05, 4.69) is 32.2 Å². The van der Waals surface area contributed by atoms with E-state index in [-0.39, 0.29) is 6.04 Å². The first-order valence-electron chi connectivity index (χ1n) is 12.0. The Kier molecular flexibility index (Phi) is 5.56. The molecular formula is C28H27N5O3. The number of aromatic nitrogens is 3. The lowest BCUT2D eigenvalue weighted by atomic mass is 10.0. The third-order valence-corrected chi connectivity index (χ3v) is 6.49. The summed E-state index contributed by atoms with van der Waals surface area (Å²) in [5.41, 5.74) is 3.63. The van der Waals surface area contributed by atoms with Crippen LogP contribution in [0, 0.1) is 13.8 Å². The van der Waals surface area contributed by atoms with Crippen LogP contribution in [0.15, 0.2) is 69.6 Å². The topological polar surface area (TPSA) is 89.5 Å². The van der Waals surface area contributed by atoms with E-state index in [0.717, 1.165) is 58.3 Å². The number of hydrogen-bond acceptors (Lipinski definition) is 8. The van der Waals surface area contributed by atoms with Crippen LogP contribution in [-0.2, 0) is 6.61 Å². The van der Waals surface area contributed by atoms with Crippen LogP contribution >= 0.6 is 0 Å². The van der Waals surface area contributed by atoms with Gasteiger partial charge in [-0.05, 0) is 44.5 Å². The van der Waals surface area contributed by atoms with Gasteiger partial charge in [-0.25, -0.2) is 15.0 Å². The van der Waals surface area contributed by atoms with Crippen molar-refractivity contribution < 1.29 is 13.6 Å². The van der Waals surface area contributed by atoms with Gasteiger partial charge in [0.15, 0.2) is 5.76 Å². The van der Waals surface area contributed by atoms with E-state index in [1.165, 1.54) is 0 Å². The Balaban J connectivity index is 1.16. The van der Waals surface area contributed by atoms with E-state index in [1.54, 1.807) is 0 Å². The van der Waals surface area contributed by atoms with Gasteiger partial charge in [-0.1, -0.05) is 24.3 Å². The molecule has 0 spiro atoms. The van der Waals surface area contributed by atoms with E-state index < -0.39 is 0 Å². The average molecular weight is 482 g/mol. The molecule has 2 aromatic carbocycles. The van der Waals surface area contributed by atoms with Crippen LogP contribution in [0.1, 0.15) is 35.3 Å². The van der Waals surface area contributed by atoms with Crippen molar-refractivity contribution in [1.82, 2.24) is 15.0 Å². The highest BCUT2D eigenvalue weighted by Crippen LogP contribution is 2.34. The SMILES string of the molecule is Cc1ncc2c(n1)N(C)CCC2Nc1cccc(OCc2nc(-c3cc4ccccc4o3)oc2C)c1. The summed E-state index contributed by atoms with van der Waals surface area (Å²) < 4.78 is 17.9. The lowest BCUT2D eigenvalue weighted by Gasteiger charge is -2.32. The van der Waals surface area contributed by atoms with Crippen molar-refractivity contribution in [2.45, 2.75) is 32.9 Å². The van der Waals surface area contributed by atoms with Crippen LogP contribution in [0.2, 0.25) is 0 Å². The number of oxazole rings is 1. The Morgan fingerprint density at radius 1 is 1.06 bits per heavy atom. The molecule has 1 N–H and O–H groups in total. The fraction of sp³-hybridized carbons (Fsp3) is 0.250. The molecule has 0 fully saturated rings. The Labute approximate surface area is 209 Å². The predicted molar refractivity (Wildman–Crippen MR) is 138 cm³/mol. The summed E-state index contributed by atoms with van der Waals surface area (Å²) >= 11 is 0. The average Bonchev–Trinajstić information content (AvgIpc) is 3.48. The molecule has 1 unspecified atom stereocenters. The number of fused-ring (bicyclic) bond motifs is 2. The van der Waals surface area contributed by atoms with E-state index >= 15 is 0 Å². The largest absolute Gasteiger partial charge is 0.487 e. The highest BCUT2D eigenvalue weighted by atomic mass is 16.5. The summed E-state index contributed by atoms with van der Waals surface area (Å²) in [6, 6.07) is 17.9. The molecule has 1 aliphatic rings. The lowest BCUT2D eigenvalue weighted by Crippen LogP contribution is -2.31. The first-order valence-corrected chi connectivity index (χ1v) is 12.0. The molecule has 0 amide bonds. The molecule has 0 saturated carbocycles. The zero-order chi connectivity index (χ0) is 24.6. The molecular weight excluding hydrogens is 454 g/mol. The van der Waals surface area contributed by atoms with Gasteiger partial charge in [0, 0.05) is 42.5 Å². The second kappa shape index (κ2) is 9.03. The molecule has 6 rings (SSSR count). The van der Waals surface area contributed by atoms with Crippen molar-refractivity contribution in [1.29, 1.82) is 0 Å². The Hall–Kier alpha value is -4.33. The number of nitrogens with one attached hydrogen (secondary N) is 1. The molecule has 0 aliphatic carbocycles. The summed E-state index contributed by atoms with van der Waals surface area (Å²) in [6.45, 7) is 5.03.